The van der Waals surface area contributed by atoms with Crippen LogP contribution in [0.25, 0.3) is 32.6 Å². The lowest BCUT2D eigenvalue weighted by Crippen LogP contribution is -2.48. The van der Waals surface area contributed by atoms with Gasteiger partial charge in [-0.15, -0.1) is 11.3 Å². The number of halogens is 3. The number of β-amino-alcohol motifs (C(OH)–C–C–N with tert-alkyl or cyclic N) is 1. The van der Waals surface area contributed by atoms with Gasteiger partial charge in [-0.3, -0.25) is 24.0 Å². The predicted octanol–water partition coefficient (Wildman–Crippen LogP) is 8.42. The molecule has 0 aliphatic carbocycles. The van der Waals surface area contributed by atoms with Crippen LogP contribution in [-0.2, 0) is 19.8 Å². The molecule has 7 aromatic rings. The number of hydrogen-bond donors (Lipinski definition) is 4. The van der Waals surface area contributed by atoms with Crippen LogP contribution in [0.3, 0.4) is 0 Å². The molecule has 2 unspecified atom stereocenters. The quantitative estimate of drug-likeness (QED) is 0.0320. The zero-order valence-corrected chi connectivity index (χ0v) is 46.3. The van der Waals surface area contributed by atoms with Gasteiger partial charge in [-0.1, -0.05) is 62.4 Å². The Bertz CT molecular complexity index is 3490. The molecule has 422 valence electrons. The third kappa shape index (κ3) is 12.1. The highest BCUT2D eigenvalue weighted by Crippen LogP contribution is 2.36. The lowest BCUT2D eigenvalue weighted by atomic mass is 9.91. The Morgan fingerprint density at radius 1 is 0.938 bits per heavy atom. The summed E-state index contributed by atoms with van der Waals surface area (Å²) in [4.78, 5) is 59.8. The minimum absolute atomic E-state index is 0.00704. The van der Waals surface area contributed by atoms with Crippen molar-refractivity contribution in [1.82, 2.24) is 39.5 Å². The molecule has 7 heterocycles. The Balaban J connectivity index is 0.703. The van der Waals surface area contributed by atoms with Crippen LogP contribution in [0.4, 0.5) is 24.5 Å². The molecule has 10 rings (SSSR count). The molecule has 3 saturated heterocycles. The van der Waals surface area contributed by atoms with Crippen LogP contribution in [0.2, 0.25) is 0 Å². The Morgan fingerprint density at radius 3 is 2.44 bits per heavy atom. The molecule has 23 heteroatoms. The maximum Gasteiger partial charge on any atom is 0.301 e. The van der Waals surface area contributed by atoms with Crippen molar-refractivity contribution in [1.29, 1.82) is 0 Å². The molecule has 3 aromatic carbocycles. The molecule has 4 N–H and O–H groups in total. The highest BCUT2D eigenvalue weighted by atomic mass is 32.2. The molecule has 80 heavy (non-hydrogen) atoms. The summed E-state index contributed by atoms with van der Waals surface area (Å²) < 4.78 is 86.5. The van der Waals surface area contributed by atoms with E-state index in [9.17, 15) is 32.3 Å². The van der Waals surface area contributed by atoms with Crippen LogP contribution in [-0.4, -0.2) is 143 Å². The van der Waals surface area contributed by atoms with Gasteiger partial charge in [-0.05, 0) is 97.8 Å². The average molecular weight is 1140 g/mol. The number of pyridine rings is 1. The number of aryl methyl sites for hydroxylation is 1. The summed E-state index contributed by atoms with van der Waals surface area (Å²) in [6.07, 6.45) is -0.452. The number of alkyl halides is 1. The second kappa shape index (κ2) is 23.9. The fourth-order valence-electron chi connectivity index (χ4n) is 10.8. The highest BCUT2D eigenvalue weighted by Gasteiger charge is 2.44. The third-order valence-corrected chi connectivity index (χ3v) is 17.6. The summed E-state index contributed by atoms with van der Waals surface area (Å²) in [7, 11) is -4.23. The zero-order chi connectivity index (χ0) is 56.4. The maximum absolute atomic E-state index is 15.8. The Labute approximate surface area is 465 Å². The van der Waals surface area contributed by atoms with E-state index in [1.54, 1.807) is 29.5 Å². The van der Waals surface area contributed by atoms with Crippen molar-refractivity contribution in [3.63, 3.8) is 0 Å². The van der Waals surface area contributed by atoms with E-state index >= 15 is 8.78 Å². The second-order valence-electron chi connectivity index (χ2n) is 21.0. The number of aliphatic hydroxyl groups excluding tert-OH is 1. The zero-order valence-electron chi connectivity index (χ0n) is 44.7. The molecule has 0 bridgehead atoms. The fraction of sp³-hybridized carbons (Fsp3) is 0.404. The summed E-state index contributed by atoms with van der Waals surface area (Å²) in [6.45, 7) is 11.4. The van der Waals surface area contributed by atoms with Gasteiger partial charge in [-0.25, -0.2) is 14.4 Å². The lowest BCUT2D eigenvalue weighted by Gasteiger charge is -2.36. The van der Waals surface area contributed by atoms with E-state index < -0.39 is 57.7 Å². The molecule has 3 aliphatic rings. The van der Waals surface area contributed by atoms with Gasteiger partial charge in [0.2, 0.25) is 23.7 Å². The van der Waals surface area contributed by atoms with E-state index in [0.717, 1.165) is 64.2 Å². The van der Waals surface area contributed by atoms with Crippen LogP contribution in [0.5, 0.6) is 5.88 Å². The monoisotopic (exact) mass is 1140 g/mol. The molecule has 18 nitrogen and oxygen atoms in total. The Kier molecular flexibility index (Phi) is 16.7. The number of thiazole rings is 1. The minimum Gasteiger partial charge on any atom is -0.476 e. The topological polar surface area (TPSA) is 219 Å². The summed E-state index contributed by atoms with van der Waals surface area (Å²) in [5.74, 6) is -3.91. The van der Waals surface area contributed by atoms with Crippen molar-refractivity contribution < 1.29 is 50.3 Å². The summed E-state index contributed by atoms with van der Waals surface area (Å²) >= 11 is 1.57. The molecule has 0 radical (unpaired) electrons. The van der Waals surface area contributed by atoms with E-state index in [-0.39, 0.29) is 90.0 Å². The van der Waals surface area contributed by atoms with Gasteiger partial charge < -0.3 is 34.5 Å². The number of nitrogens with zero attached hydrogens (tertiary/aromatic N) is 7. The van der Waals surface area contributed by atoms with Crippen molar-refractivity contribution in [2.75, 3.05) is 68.6 Å². The number of rotatable bonds is 20. The van der Waals surface area contributed by atoms with Gasteiger partial charge in [0.25, 0.3) is 5.88 Å². The number of aromatic nitrogens is 4. The van der Waals surface area contributed by atoms with Gasteiger partial charge >= 0.3 is 10.2 Å². The van der Waals surface area contributed by atoms with Crippen molar-refractivity contribution >= 4 is 61.6 Å². The van der Waals surface area contributed by atoms with Gasteiger partial charge in [0.15, 0.2) is 11.5 Å². The average Bonchev–Trinajstić information content (AvgIpc) is 4.35. The first-order valence-corrected chi connectivity index (χ1v) is 29.1. The van der Waals surface area contributed by atoms with Crippen LogP contribution >= 0.6 is 11.3 Å². The largest absolute Gasteiger partial charge is 0.476 e. The molecular formula is C57H63F3N10O8S2. The Hall–Kier alpha value is -7.18. The maximum atomic E-state index is 15.8. The number of para-hydroxylation sites is 1. The van der Waals surface area contributed by atoms with E-state index in [1.165, 1.54) is 35.2 Å². The normalized spacial score (nSPS) is 19.0. The number of aliphatic hydroxyl groups is 1. The fourth-order valence-corrected chi connectivity index (χ4v) is 12.9. The molecule has 2 amide bonds. The first kappa shape index (κ1) is 56.1. The standard InChI is InChI=1S/C57H63F3N10O8S2/c1-33(2)49(57(74)70-31-41(71)27-46(70)56(73)62-34(3)36-14-16-37(17-15-36)52-35(4)61-32-79-52)47-29-48(65-78-47)77-25-8-7-19-67-21-23-68(24-22-67)40-11-9-10-38(26-40)43-28-44-50(54(60)64-55(44)63-53(43)59)51(72)42-12-5-6-13-45(42)66-80(75,76)69-20-18-39(58)30-69/h5-6,9-17,26,28-29,32-34,39,41,46,49,66,71H,7-8,18-25,27,30-31H2,1-4H3,(H,62,73)(H,63,64)/t34-,39?,41+,46-,49?/m0/s1. The first-order chi connectivity index (χ1) is 38.4. The van der Waals surface area contributed by atoms with E-state index in [1.807, 2.05) is 69.6 Å². The second-order valence-corrected chi connectivity index (χ2v) is 23.5. The minimum atomic E-state index is -4.23. The summed E-state index contributed by atoms with van der Waals surface area (Å²) in [6, 6.07) is 22.7. The number of nitrogens with one attached hydrogen (secondary N) is 3. The number of piperazine rings is 1. The molecular weight excluding hydrogens is 1070 g/mol. The molecule has 3 aliphatic heterocycles. The number of amides is 2. The summed E-state index contributed by atoms with van der Waals surface area (Å²) in [5.41, 5.74) is 5.14. The highest BCUT2D eigenvalue weighted by molar-refractivity contribution is 7.90. The lowest BCUT2D eigenvalue weighted by molar-refractivity contribution is -0.141. The van der Waals surface area contributed by atoms with Gasteiger partial charge in [0.05, 0.1) is 46.1 Å². The number of unbranched alkanes of at least 4 members (excludes halogenated alkanes) is 1. The number of likely N-dealkylation sites (tertiary alicyclic amines) is 1. The first-order valence-electron chi connectivity index (χ1n) is 26.8. The number of fused-ring (bicyclic) bond motifs is 1. The SMILES string of the molecule is Cc1ncsc1-c1ccc([C@H](C)NC(=O)[C@@H]2C[C@@H](O)CN2C(=O)C(c2cc(OCCCCN3CCN(c4cccc(-c5cc6c(C(=O)c7ccccc7NS(=O)(=O)N7CCC(F)C7)c(F)[nH]c6nc5F)c4)CC3)no2)C(C)C)cc1. The number of carbonyl (C=O) groups is 3. The number of carbonyl (C=O) groups excluding carboxylic acids is 3. The van der Waals surface area contributed by atoms with Gasteiger partial charge in [0.1, 0.15) is 23.8 Å². The molecule has 4 aromatic heterocycles. The van der Waals surface area contributed by atoms with E-state index in [2.05, 4.69) is 39.9 Å². The molecule has 3 fully saturated rings. The molecule has 0 spiro atoms. The Morgan fingerprint density at radius 2 is 1.71 bits per heavy atom. The number of H-pyrrole nitrogens is 1. The third-order valence-electron chi connectivity index (χ3n) is 15.2. The van der Waals surface area contributed by atoms with Crippen molar-refractivity contribution in [3.8, 4) is 27.4 Å². The number of ether oxygens (including phenoxy) is 1. The predicted molar refractivity (Wildman–Crippen MR) is 297 cm³/mol. The molecule has 5 atom stereocenters. The molecule has 0 saturated carbocycles. The number of hydrogen-bond acceptors (Lipinski definition) is 14. The van der Waals surface area contributed by atoms with Crippen LogP contribution in [0, 0.1) is 24.7 Å². The van der Waals surface area contributed by atoms with Gasteiger partial charge in [0, 0.05) is 80.5 Å². The smallest absolute Gasteiger partial charge is 0.301 e. The van der Waals surface area contributed by atoms with Gasteiger partial charge in [-0.2, -0.15) is 21.5 Å². The van der Waals surface area contributed by atoms with Crippen LogP contribution in [0.15, 0.2) is 95.0 Å². The van der Waals surface area contributed by atoms with Crippen molar-refractivity contribution in [3.05, 3.63) is 130 Å². The van der Waals surface area contributed by atoms with E-state index in [0.29, 0.717) is 31.0 Å². The number of ketones is 1. The van der Waals surface area contributed by atoms with Crippen molar-refractivity contribution in [2.45, 2.75) is 83.7 Å². The van der Waals surface area contributed by atoms with E-state index in [4.69, 9.17) is 9.26 Å². The van der Waals surface area contributed by atoms with Crippen LogP contribution < -0.4 is 19.7 Å². The van der Waals surface area contributed by atoms with Crippen LogP contribution in [0.1, 0.15) is 91.4 Å². The summed E-state index contributed by atoms with van der Waals surface area (Å²) in [5, 5.41) is 17.9. The number of benzene rings is 3. The van der Waals surface area contributed by atoms with Crippen molar-refractivity contribution in [2.24, 2.45) is 5.92 Å². The number of anilines is 2. The number of aromatic amines is 1.